The number of nitrogens with one attached hydrogen (secondary N) is 2. The van der Waals surface area contributed by atoms with E-state index >= 15 is 0 Å². The molecule has 2 aromatic carbocycles. The van der Waals surface area contributed by atoms with E-state index in [2.05, 4.69) is 27.4 Å². The van der Waals surface area contributed by atoms with Gasteiger partial charge in [0.25, 0.3) is 11.5 Å². The van der Waals surface area contributed by atoms with Crippen molar-refractivity contribution in [2.24, 2.45) is 0 Å². The minimum atomic E-state index is -0.400. The largest absolute Gasteiger partial charge is 0.348 e. The van der Waals surface area contributed by atoms with Gasteiger partial charge < -0.3 is 10.3 Å². The van der Waals surface area contributed by atoms with Crippen LogP contribution in [0.5, 0.6) is 0 Å². The average molecular weight is 377 g/mol. The molecule has 1 aliphatic rings. The van der Waals surface area contributed by atoms with Gasteiger partial charge in [-0.2, -0.15) is 0 Å². The Labute approximate surface area is 161 Å². The molecule has 5 nitrogen and oxygen atoms in total. The highest BCUT2D eigenvalue weighted by Crippen LogP contribution is 2.40. The van der Waals surface area contributed by atoms with E-state index in [-0.39, 0.29) is 17.5 Å². The highest BCUT2D eigenvalue weighted by Gasteiger charge is 2.39. The lowest BCUT2D eigenvalue weighted by atomic mass is 10.1. The SMILES string of the molecule is O=C(N[C@@H]1C[C@H]1c1ccccc1)c1cnc(CSc2ccccc2)[nH]c1=O. The molecule has 3 aromatic rings. The van der Waals surface area contributed by atoms with E-state index in [0.717, 1.165) is 11.3 Å². The van der Waals surface area contributed by atoms with Crippen molar-refractivity contribution in [3.63, 3.8) is 0 Å². The fraction of sp³-hybridized carbons (Fsp3) is 0.190. The number of carbonyl (C=O) groups excluding carboxylic acids is 1. The van der Waals surface area contributed by atoms with Crippen LogP contribution >= 0.6 is 11.8 Å². The number of nitrogens with zero attached hydrogens (tertiary/aromatic N) is 1. The zero-order valence-electron chi connectivity index (χ0n) is 14.6. The van der Waals surface area contributed by atoms with E-state index in [1.807, 2.05) is 48.5 Å². The van der Waals surface area contributed by atoms with Gasteiger partial charge in [-0.05, 0) is 24.1 Å². The van der Waals surface area contributed by atoms with Crippen LogP contribution in [-0.2, 0) is 5.75 Å². The number of H-pyrrole nitrogens is 1. The molecule has 1 aromatic heterocycles. The van der Waals surface area contributed by atoms with Gasteiger partial charge in [0, 0.05) is 23.1 Å². The van der Waals surface area contributed by atoms with Gasteiger partial charge in [0.05, 0.1) is 5.75 Å². The van der Waals surface area contributed by atoms with Gasteiger partial charge in [0.15, 0.2) is 0 Å². The van der Waals surface area contributed by atoms with Crippen LogP contribution in [0.1, 0.15) is 34.1 Å². The van der Waals surface area contributed by atoms with Crippen molar-refractivity contribution in [3.05, 3.63) is 94.2 Å². The van der Waals surface area contributed by atoms with E-state index in [1.54, 1.807) is 11.8 Å². The van der Waals surface area contributed by atoms with E-state index in [1.165, 1.54) is 11.8 Å². The molecule has 1 fully saturated rings. The number of thioether (sulfide) groups is 1. The molecule has 0 spiro atoms. The normalized spacial score (nSPS) is 18.1. The monoisotopic (exact) mass is 377 g/mol. The first-order valence-corrected chi connectivity index (χ1v) is 9.81. The maximum Gasteiger partial charge on any atom is 0.263 e. The Balaban J connectivity index is 1.36. The molecular formula is C21H19N3O2S. The average Bonchev–Trinajstić information content (AvgIpc) is 3.47. The molecule has 0 saturated heterocycles. The van der Waals surface area contributed by atoms with Gasteiger partial charge >= 0.3 is 0 Å². The predicted molar refractivity (Wildman–Crippen MR) is 106 cm³/mol. The molecule has 1 aliphatic carbocycles. The summed E-state index contributed by atoms with van der Waals surface area (Å²) in [5, 5.41) is 2.93. The van der Waals surface area contributed by atoms with Gasteiger partial charge in [0.1, 0.15) is 11.4 Å². The van der Waals surface area contributed by atoms with Crippen LogP contribution < -0.4 is 10.9 Å². The summed E-state index contributed by atoms with van der Waals surface area (Å²) in [6, 6.07) is 20.1. The summed E-state index contributed by atoms with van der Waals surface area (Å²) in [5.74, 6) is 1.05. The number of amides is 1. The number of hydrogen-bond donors (Lipinski definition) is 2. The van der Waals surface area contributed by atoms with Crippen LogP contribution in [0, 0.1) is 0 Å². The second-order valence-electron chi connectivity index (χ2n) is 6.51. The zero-order valence-corrected chi connectivity index (χ0v) is 15.4. The smallest absolute Gasteiger partial charge is 0.263 e. The molecule has 6 heteroatoms. The second-order valence-corrected chi connectivity index (χ2v) is 7.56. The number of hydrogen-bond acceptors (Lipinski definition) is 4. The maximum atomic E-state index is 12.4. The molecule has 0 bridgehead atoms. The zero-order chi connectivity index (χ0) is 18.6. The lowest BCUT2D eigenvalue weighted by Gasteiger charge is -2.06. The summed E-state index contributed by atoms with van der Waals surface area (Å²) >= 11 is 1.58. The summed E-state index contributed by atoms with van der Waals surface area (Å²) in [5.41, 5.74) is 0.869. The molecule has 2 atom stereocenters. The van der Waals surface area contributed by atoms with Crippen molar-refractivity contribution < 1.29 is 4.79 Å². The molecule has 0 aliphatic heterocycles. The first kappa shape index (κ1) is 17.5. The topological polar surface area (TPSA) is 74.8 Å². The van der Waals surface area contributed by atoms with E-state index in [0.29, 0.717) is 17.5 Å². The van der Waals surface area contributed by atoms with Crippen molar-refractivity contribution in [3.8, 4) is 0 Å². The Bertz CT molecular complexity index is 989. The first-order chi connectivity index (χ1) is 13.2. The minimum absolute atomic E-state index is 0.0576. The van der Waals surface area contributed by atoms with Crippen LogP contribution in [0.15, 0.2) is 76.6 Å². The third-order valence-electron chi connectivity index (χ3n) is 4.55. The highest BCUT2D eigenvalue weighted by molar-refractivity contribution is 7.98. The third kappa shape index (κ3) is 4.28. The van der Waals surface area contributed by atoms with Crippen molar-refractivity contribution >= 4 is 17.7 Å². The molecule has 4 rings (SSSR count). The van der Waals surface area contributed by atoms with Crippen LogP contribution in [0.25, 0.3) is 0 Å². The Hall–Kier alpha value is -2.86. The van der Waals surface area contributed by atoms with Gasteiger partial charge in [-0.15, -0.1) is 11.8 Å². The fourth-order valence-corrected chi connectivity index (χ4v) is 3.80. The van der Waals surface area contributed by atoms with Gasteiger partial charge in [-0.25, -0.2) is 4.98 Å². The molecule has 136 valence electrons. The summed E-state index contributed by atoms with van der Waals surface area (Å²) in [4.78, 5) is 32.7. The van der Waals surface area contributed by atoms with Gasteiger partial charge in [-0.3, -0.25) is 9.59 Å². The van der Waals surface area contributed by atoms with Crippen LogP contribution in [0.4, 0.5) is 0 Å². The summed E-state index contributed by atoms with van der Waals surface area (Å²) in [6.45, 7) is 0. The molecule has 1 saturated carbocycles. The predicted octanol–water partition coefficient (Wildman–Crippen LogP) is 3.35. The number of aromatic nitrogens is 2. The molecule has 0 unspecified atom stereocenters. The van der Waals surface area contributed by atoms with Crippen molar-refractivity contribution in [2.45, 2.75) is 29.0 Å². The third-order valence-corrected chi connectivity index (χ3v) is 5.57. The van der Waals surface area contributed by atoms with Crippen molar-refractivity contribution in [2.75, 3.05) is 0 Å². The summed E-state index contributed by atoms with van der Waals surface area (Å²) < 4.78 is 0. The lowest BCUT2D eigenvalue weighted by Crippen LogP contribution is -2.32. The number of aromatic amines is 1. The molecule has 27 heavy (non-hydrogen) atoms. The van der Waals surface area contributed by atoms with E-state index < -0.39 is 5.56 Å². The number of carbonyl (C=O) groups is 1. The van der Waals surface area contributed by atoms with Gasteiger partial charge in [0.2, 0.25) is 0 Å². The summed E-state index contributed by atoms with van der Waals surface area (Å²) in [6.07, 6.45) is 2.27. The van der Waals surface area contributed by atoms with Gasteiger partial charge in [-0.1, -0.05) is 48.5 Å². The second kappa shape index (κ2) is 7.80. The summed E-state index contributed by atoms with van der Waals surface area (Å²) in [7, 11) is 0. The van der Waals surface area contributed by atoms with Crippen LogP contribution in [0.3, 0.4) is 0 Å². The van der Waals surface area contributed by atoms with Crippen LogP contribution in [-0.4, -0.2) is 21.9 Å². The quantitative estimate of drug-likeness (QED) is 0.646. The fourth-order valence-electron chi connectivity index (χ4n) is 3.00. The Morgan fingerprint density at radius 3 is 2.52 bits per heavy atom. The van der Waals surface area contributed by atoms with Crippen molar-refractivity contribution in [1.29, 1.82) is 0 Å². The molecule has 2 N–H and O–H groups in total. The molecule has 0 radical (unpaired) electrons. The molecular weight excluding hydrogens is 358 g/mol. The Kier molecular flexibility index (Phi) is 5.07. The van der Waals surface area contributed by atoms with E-state index in [4.69, 9.17) is 0 Å². The highest BCUT2D eigenvalue weighted by atomic mass is 32.2. The van der Waals surface area contributed by atoms with Crippen LogP contribution in [0.2, 0.25) is 0 Å². The lowest BCUT2D eigenvalue weighted by molar-refractivity contribution is 0.0948. The van der Waals surface area contributed by atoms with Crippen molar-refractivity contribution in [1.82, 2.24) is 15.3 Å². The number of benzene rings is 2. The maximum absolute atomic E-state index is 12.4. The Morgan fingerprint density at radius 2 is 1.81 bits per heavy atom. The minimum Gasteiger partial charge on any atom is -0.348 e. The first-order valence-electron chi connectivity index (χ1n) is 8.82. The molecule has 1 amide bonds. The molecule has 1 heterocycles. The Morgan fingerprint density at radius 1 is 1.11 bits per heavy atom. The van der Waals surface area contributed by atoms with E-state index in [9.17, 15) is 9.59 Å². The number of rotatable bonds is 6. The standard InChI is InChI=1S/C21H19N3O2S/c25-20(23-18-11-16(18)14-7-3-1-4-8-14)17-12-22-19(24-21(17)26)13-27-15-9-5-2-6-10-15/h1-10,12,16,18H,11,13H2,(H,23,25)(H,22,24,26)/t16-,18+/m0/s1.